The first-order valence-electron chi connectivity index (χ1n) is 8.43. The van der Waals surface area contributed by atoms with Crippen LogP contribution in [0.5, 0.6) is 0 Å². The van der Waals surface area contributed by atoms with Crippen molar-refractivity contribution in [3.63, 3.8) is 0 Å². The third kappa shape index (κ3) is 3.05. The average Bonchev–Trinajstić information content (AvgIpc) is 3.25. The van der Waals surface area contributed by atoms with Crippen LogP contribution in [0.15, 0.2) is 22.8 Å². The summed E-state index contributed by atoms with van der Waals surface area (Å²) in [6.07, 6.45) is -0.0517. The molecule has 0 aliphatic carbocycles. The van der Waals surface area contributed by atoms with E-state index in [1.165, 1.54) is 0 Å². The molecule has 1 N–H and O–H groups in total. The number of benzene rings is 1. The largest absolute Gasteiger partial charge is 0.466 e. The van der Waals surface area contributed by atoms with E-state index in [9.17, 15) is 4.79 Å². The Morgan fingerprint density at radius 2 is 2.07 bits per heavy atom. The zero-order valence-electron chi connectivity index (χ0n) is 15.1. The summed E-state index contributed by atoms with van der Waals surface area (Å²) in [5, 5.41) is 19.2. The van der Waals surface area contributed by atoms with Crippen LogP contribution in [0.4, 0.5) is 11.5 Å². The lowest BCUT2D eigenvalue weighted by molar-refractivity contribution is -0.142. The lowest BCUT2D eigenvalue weighted by Crippen LogP contribution is -2.11. The number of hydrogen-bond donors (Lipinski definition) is 1. The van der Waals surface area contributed by atoms with Gasteiger partial charge in [0.25, 0.3) is 0 Å². The molecule has 4 rings (SSSR count). The third-order valence-electron chi connectivity index (χ3n) is 4.08. The molecule has 0 bridgehead atoms. The van der Waals surface area contributed by atoms with Crippen LogP contribution in [0.25, 0.3) is 16.9 Å². The first-order chi connectivity index (χ1) is 13.1. The molecule has 0 saturated heterocycles. The number of nitrogens with zero attached hydrogens (tertiary/aromatic N) is 6. The number of hydrogen-bond acceptors (Lipinski definition) is 9. The highest BCUT2D eigenvalue weighted by Crippen LogP contribution is 2.25. The SMILES string of the molecule is CCOC(=O)Cc1nnc2c(Nc3cc(C)ccc3C)nc3nonc3n12. The number of fused-ring (bicyclic) bond motifs is 3. The van der Waals surface area contributed by atoms with Gasteiger partial charge in [0.2, 0.25) is 16.9 Å². The average molecular weight is 367 g/mol. The van der Waals surface area contributed by atoms with Gasteiger partial charge >= 0.3 is 5.97 Å². The Hall–Kier alpha value is -3.56. The van der Waals surface area contributed by atoms with Gasteiger partial charge in [-0.1, -0.05) is 12.1 Å². The highest BCUT2D eigenvalue weighted by molar-refractivity contribution is 5.81. The van der Waals surface area contributed by atoms with Crippen LogP contribution in [0.3, 0.4) is 0 Å². The van der Waals surface area contributed by atoms with Crippen LogP contribution in [0.2, 0.25) is 0 Å². The highest BCUT2D eigenvalue weighted by Gasteiger charge is 2.21. The second kappa shape index (κ2) is 6.63. The van der Waals surface area contributed by atoms with Crippen molar-refractivity contribution in [2.24, 2.45) is 0 Å². The van der Waals surface area contributed by atoms with Crippen molar-refractivity contribution in [2.75, 3.05) is 11.9 Å². The maximum Gasteiger partial charge on any atom is 0.313 e. The van der Waals surface area contributed by atoms with E-state index >= 15 is 0 Å². The quantitative estimate of drug-likeness (QED) is 0.529. The molecule has 0 spiro atoms. The minimum Gasteiger partial charge on any atom is -0.466 e. The van der Waals surface area contributed by atoms with Gasteiger partial charge in [-0.3, -0.25) is 9.20 Å². The third-order valence-corrected chi connectivity index (χ3v) is 4.08. The minimum atomic E-state index is -0.405. The summed E-state index contributed by atoms with van der Waals surface area (Å²) in [5.74, 6) is 0.405. The fourth-order valence-corrected chi connectivity index (χ4v) is 2.78. The molecule has 0 saturated carbocycles. The van der Waals surface area contributed by atoms with Gasteiger partial charge in [-0.25, -0.2) is 9.61 Å². The number of ether oxygens (including phenoxy) is 1. The number of rotatable bonds is 5. The first-order valence-corrected chi connectivity index (χ1v) is 8.43. The first kappa shape index (κ1) is 16.9. The Bertz CT molecular complexity index is 1150. The van der Waals surface area contributed by atoms with E-state index in [4.69, 9.17) is 9.37 Å². The van der Waals surface area contributed by atoms with Gasteiger partial charge < -0.3 is 10.1 Å². The second-order valence-electron chi connectivity index (χ2n) is 6.07. The van der Waals surface area contributed by atoms with Crippen LogP contribution < -0.4 is 5.32 Å². The molecule has 0 unspecified atom stereocenters. The molecule has 0 radical (unpaired) electrons. The molecule has 138 valence electrons. The van der Waals surface area contributed by atoms with Gasteiger partial charge in [0.15, 0.2) is 11.6 Å². The van der Waals surface area contributed by atoms with E-state index in [-0.39, 0.29) is 18.7 Å². The maximum atomic E-state index is 11.9. The lowest BCUT2D eigenvalue weighted by atomic mass is 10.1. The normalized spacial score (nSPS) is 11.2. The number of aryl methyl sites for hydroxylation is 2. The van der Waals surface area contributed by atoms with E-state index in [1.807, 2.05) is 32.0 Å². The molecule has 1 aromatic carbocycles. The fraction of sp³-hybridized carbons (Fsp3) is 0.294. The number of anilines is 2. The van der Waals surface area contributed by atoms with Crippen molar-refractivity contribution >= 4 is 34.4 Å². The van der Waals surface area contributed by atoms with E-state index in [0.29, 0.717) is 22.9 Å². The number of aromatic nitrogens is 6. The van der Waals surface area contributed by atoms with Gasteiger partial charge in [-0.05, 0) is 48.3 Å². The topological polar surface area (TPSA) is 120 Å². The zero-order chi connectivity index (χ0) is 19.0. The van der Waals surface area contributed by atoms with Gasteiger partial charge in [0.05, 0.1) is 6.61 Å². The Labute approximate surface area is 153 Å². The Morgan fingerprint density at radius 3 is 2.89 bits per heavy atom. The maximum absolute atomic E-state index is 11.9. The summed E-state index contributed by atoms with van der Waals surface area (Å²) in [4.78, 5) is 16.3. The van der Waals surface area contributed by atoms with Crippen molar-refractivity contribution in [2.45, 2.75) is 27.2 Å². The summed E-state index contributed by atoms with van der Waals surface area (Å²) >= 11 is 0. The summed E-state index contributed by atoms with van der Waals surface area (Å²) in [6.45, 7) is 6.03. The highest BCUT2D eigenvalue weighted by atomic mass is 16.6. The van der Waals surface area contributed by atoms with Crippen molar-refractivity contribution in [1.29, 1.82) is 0 Å². The molecule has 0 atom stereocenters. The molecule has 0 aliphatic heterocycles. The van der Waals surface area contributed by atoms with Crippen molar-refractivity contribution in [1.82, 2.24) is 29.9 Å². The Balaban J connectivity index is 1.84. The summed E-state index contributed by atoms with van der Waals surface area (Å²) < 4.78 is 11.4. The van der Waals surface area contributed by atoms with Crippen molar-refractivity contribution < 1.29 is 14.2 Å². The summed E-state index contributed by atoms with van der Waals surface area (Å²) in [7, 11) is 0. The second-order valence-corrected chi connectivity index (χ2v) is 6.07. The van der Waals surface area contributed by atoms with Crippen molar-refractivity contribution in [3.05, 3.63) is 35.2 Å². The predicted octanol–water partition coefficient (Wildman–Crippen LogP) is 2.13. The lowest BCUT2D eigenvalue weighted by Gasteiger charge is -2.10. The molecular weight excluding hydrogens is 350 g/mol. The Kier molecular flexibility index (Phi) is 4.15. The molecule has 0 amide bonds. The van der Waals surface area contributed by atoms with Crippen LogP contribution in [0.1, 0.15) is 23.9 Å². The fourth-order valence-electron chi connectivity index (χ4n) is 2.78. The molecule has 10 nitrogen and oxygen atoms in total. The van der Waals surface area contributed by atoms with Crippen LogP contribution in [-0.4, -0.2) is 42.5 Å². The number of carbonyl (C=O) groups is 1. The molecule has 3 aromatic heterocycles. The van der Waals surface area contributed by atoms with Crippen LogP contribution >= 0.6 is 0 Å². The summed E-state index contributed by atoms with van der Waals surface area (Å²) in [6, 6.07) is 6.05. The molecule has 0 aliphatic rings. The number of esters is 1. The predicted molar refractivity (Wildman–Crippen MR) is 95.7 cm³/mol. The zero-order valence-corrected chi connectivity index (χ0v) is 15.1. The van der Waals surface area contributed by atoms with E-state index < -0.39 is 5.97 Å². The molecular formula is C17H17N7O3. The summed E-state index contributed by atoms with van der Waals surface area (Å²) in [5.41, 5.74) is 4.06. The molecule has 0 fully saturated rings. The van der Waals surface area contributed by atoms with E-state index in [2.05, 4.69) is 30.8 Å². The van der Waals surface area contributed by atoms with Crippen LogP contribution in [0, 0.1) is 13.8 Å². The standard InChI is InChI=1S/C17H17N7O3/c1-4-26-13(25)8-12-20-21-16-14(18-11-7-9(2)5-6-10(11)3)19-15-17(24(12)16)23-27-22-15/h5-7H,4,8H2,1-3H3,(H,18,19,22). The smallest absolute Gasteiger partial charge is 0.313 e. The van der Waals surface area contributed by atoms with Crippen LogP contribution in [-0.2, 0) is 16.0 Å². The van der Waals surface area contributed by atoms with Gasteiger partial charge in [0, 0.05) is 5.69 Å². The van der Waals surface area contributed by atoms with Gasteiger partial charge in [-0.15, -0.1) is 10.2 Å². The van der Waals surface area contributed by atoms with E-state index in [1.54, 1.807) is 11.3 Å². The molecule has 27 heavy (non-hydrogen) atoms. The molecule has 3 heterocycles. The molecule has 10 heteroatoms. The monoisotopic (exact) mass is 367 g/mol. The molecule has 4 aromatic rings. The number of nitrogens with one attached hydrogen (secondary N) is 1. The number of carbonyl (C=O) groups excluding carboxylic acids is 1. The van der Waals surface area contributed by atoms with Gasteiger partial charge in [-0.2, -0.15) is 0 Å². The van der Waals surface area contributed by atoms with E-state index in [0.717, 1.165) is 16.8 Å². The van der Waals surface area contributed by atoms with Crippen molar-refractivity contribution in [3.8, 4) is 0 Å². The van der Waals surface area contributed by atoms with Gasteiger partial charge in [0.1, 0.15) is 6.42 Å². The Morgan fingerprint density at radius 1 is 1.22 bits per heavy atom. The minimum absolute atomic E-state index is 0.0517.